The van der Waals surface area contributed by atoms with Gasteiger partial charge < -0.3 is 9.47 Å². The fourth-order valence-corrected chi connectivity index (χ4v) is 5.25. The largest absolute Gasteiger partial charge is 0.493 e. The number of allylic oxidation sites excluding steroid dienone is 2. The third-order valence-electron chi connectivity index (χ3n) is 6.06. The van der Waals surface area contributed by atoms with Crippen molar-refractivity contribution in [1.82, 2.24) is 0 Å². The van der Waals surface area contributed by atoms with E-state index in [1.54, 1.807) is 43.4 Å². The quantitative estimate of drug-likeness (QED) is 0.532. The fraction of sp³-hybridized carbons (Fsp3) is 0.360. The molecule has 5 nitrogen and oxygen atoms in total. The Labute approximate surface area is 197 Å². The highest BCUT2D eigenvalue weighted by Gasteiger charge is 2.44. The third-order valence-corrected chi connectivity index (χ3v) is 6.49. The van der Waals surface area contributed by atoms with Crippen LogP contribution < -0.4 is 14.4 Å². The van der Waals surface area contributed by atoms with Gasteiger partial charge in [0.25, 0.3) is 0 Å². The first-order valence-corrected chi connectivity index (χ1v) is 11.2. The van der Waals surface area contributed by atoms with E-state index in [0.29, 0.717) is 45.6 Å². The maximum atomic E-state index is 13.5. The number of carbonyl (C=O) groups excluding carboxylic acids is 2. The van der Waals surface area contributed by atoms with Crippen molar-refractivity contribution >= 4 is 40.6 Å². The lowest BCUT2D eigenvalue weighted by atomic mass is 9.69. The molecule has 0 saturated carbocycles. The van der Waals surface area contributed by atoms with Gasteiger partial charge in [0.05, 0.1) is 19.9 Å². The van der Waals surface area contributed by atoms with Gasteiger partial charge in [-0.25, -0.2) is 0 Å². The summed E-state index contributed by atoms with van der Waals surface area (Å²) in [5, 5.41) is 0.872. The highest BCUT2D eigenvalue weighted by molar-refractivity contribution is 6.35. The zero-order valence-electron chi connectivity index (χ0n) is 18.5. The summed E-state index contributed by atoms with van der Waals surface area (Å²) >= 11 is 12.5. The van der Waals surface area contributed by atoms with Crippen LogP contribution in [0, 0.1) is 5.41 Å². The van der Waals surface area contributed by atoms with Crippen LogP contribution in [-0.2, 0) is 9.59 Å². The molecule has 4 rings (SSSR count). The topological polar surface area (TPSA) is 55.8 Å². The lowest BCUT2D eigenvalue weighted by molar-refractivity contribution is -0.121. The number of amides is 1. The Balaban J connectivity index is 1.90. The minimum Gasteiger partial charge on any atom is -0.493 e. The second kappa shape index (κ2) is 8.45. The molecule has 1 aliphatic carbocycles. The molecule has 0 N–H and O–H groups in total. The van der Waals surface area contributed by atoms with Gasteiger partial charge in [-0.05, 0) is 47.7 Å². The van der Waals surface area contributed by atoms with Gasteiger partial charge >= 0.3 is 0 Å². The second-order valence-electron chi connectivity index (χ2n) is 9.03. The Morgan fingerprint density at radius 3 is 2.22 bits per heavy atom. The molecule has 2 aliphatic rings. The number of hydrogen-bond donors (Lipinski definition) is 0. The van der Waals surface area contributed by atoms with Crippen LogP contribution in [0.4, 0.5) is 5.69 Å². The van der Waals surface area contributed by atoms with Crippen LogP contribution in [0.2, 0.25) is 10.0 Å². The number of benzene rings is 2. The van der Waals surface area contributed by atoms with Crippen LogP contribution in [0.1, 0.15) is 44.6 Å². The molecular weight excluding hydrogens is 449 g/mol. The standard InChI is InChI=1S/C25H25Cl2NO4/c1-25(2)12-19-24(20(29)13-25)18(14-5-6-21(31-3)22(7-14)32-4)11-23(30)28(19)17-9-15(26)8-16(27)10-17/h5-10,18H,11-13H2,1-4H3. The Morgan fingerprint density at radius 1 is 0.938 bits per heavy atom. The van der Waals surface area contributed by atoms with E-state index in [-0.39, 0.29) is 29.4 Å². The zero-order valence-corrected chi connectivity index (χ0v) is 20.0. The highest BCUT2D eigenvalue weighted by atomic mass is 35.5. The van der Waals surface area contributed by atoms with Crippen molar-refractivity contribution in [2.45, 2.75) is 39.0 Å². The summed E-state index contributed by atoms with van der Waals surface area (Å²) in [7, 11) is 3.14. The molecule has 0 spiro atoms. The lowest BCUT2D eigenvalue weighted by Crippen LogP contribution is -2.43. The molecule has 0 bridgehead atoms. The van der Waals surface area contributed by atoms with Crippen LogP contribution in [0.15, 0.2) is 47.7 Å². The molecule has 0 fully saturated rings. The average Bonchev–Trinajstić information content (AvgIpc) is 2.70. The number of ether oxygens (including phenoxy) is 2. The molecular formula is C25H25Cl2NO4. The van der Waals surface area contributed by atoms with E-state index in [0.717, 1.165) is 11.3 Å². The van der Waals surface area contributed by atoms with Crippen molar-refractivity contribution in [2.75, 3.05) is 19.1 Å². The number of hydrogen-bond acceptors (Lipinski definition) is 4. The maximum Gasteiger partial charge on any atom is 0.232 e. The van der Waals surface area contributed by atoms with Crippen molar-refractivity contribution < 1.29 is 19.1 Å². The van der Waals surface area contributed by atoms with Crippen molar-refractivity contribution in [3.8, 4) is 11.5 Å². The molecule has 1 unspecified atom stereocenters. The van der Waals surface area contributed by atoms with E-state index in [1.807, 2.05) is 26.0 Å². The molecule has 1 atom stereocenters. The van der Waals surface area contributed by atoms with E-state index >= 15 is 0 Å². The summed E-state index contributed by atoms with van der Waals surface area (Å²) < 4.78 is 10.8. The van der Waals surface area contributed by atoms with E-state index in [1.165, 1.54) is 0 Å². The molecule has 0 radical (unpaired) electrons. The molecule has 1 amide bonds. The molecule has 168 valence electrons. The van der Waals surface area contributed by atoms with Gasteiger partial charge in [-0.1, -0.05) is 43.1 Å². The van der Waals surface area contributed by atoms with E-state index in [2.05, 4.69) is 0 Å². The monoisotopic (exact) mass is 473 g/mol. The second-order valence-corrected chi connectivity index (χ2v) is 9.90. The minimum absolute atomic E-state index is 0.0571. The molecule has 0 aromatic heterocycles. The smallest absolute Gasteiger partial charge is 0.232 e. The highest BCUT2D eigenvalue weighted by Crippen LogP contribution is 2.49. The van der Waals surface area contributed by atoms with Crippen molar-refractivity contribution in [2.24, 2.45) is 5.41 Å². The van der Waals surface area contributed by atoms with Crippen LogP contribution in [-0.4, -0.2) is 25.9 Å². The van der Waals surface area contributed by atoms with Gasteiger partial charge in [0.2, 0.25) is 5.91 Å². The number of carbonyl (C=O) groups is 2. The van der Waals surface area contributed by atoms with E-state index < -0.39 is 0 Å². The van der Waals surface area contributed by atoms with Gasteiger partial charge in [0.15, 0.2) is 17.3 Å². The Kier molecular flexibility index (Phi) is 5.99. The van der Waals surface area contributed by atoms with Crippen LogP contribution in [0.25, 0.3) is 0 Å². The normalized spacial score (nSPS) is 20.3. The van der Waals surface area contributed by atoms with Gasteiger partial charge in [-0.15, -0.1) is 0 Å². The van der Waals surface area contributed by atoms with E-state index in [4.69, 9.17) is 32.7 Å². The Hall–Kier alpha value is -2.50. The number of halogens is 2. The third kappa shape index (κ3) is 4.12. The van der Waals surface area contributed by atoms with E-state index in [9.17, 15) is 9.59 Å². The molecule has 7 heteroatoms. The molecule has 32 heavy (non-hydrogen) atoms. The van der Waals surface area contributed by atoms with Gasteiger partial charge in [0, 0.05) is 40.1 Å². The predicted molar refractivity (Wildman–Crippen MR) is 126 cm³/mol. The summed E-state index contributed by atoms with van der Waals surface area (Å²) in [6.07, 6.45) is 1.17. The lowest BCUT2D eigenvalue weighted by Gasteiger charge is -2.43. The summed E-state index contributed by atoms with van der Waals surface area (Å²) in [5.41, 5.74) is 2.56. The zero-order chi connectivity index (χ0) is 23.2. The predicted octanol–water partition coefficient (Wildman–Crippen LogP) is 6.17. The number of ketones is 1. The van der Waals surface area contributed by atoms with Crippen LogP contribution in [0.5, 0.6) is 11.5 Å². The van der Waals surface area contributed by atoms with Crippen molar-refractivity contribution in [3.05, 3.63) is 63.3 Å². The van der Waals surface area contributed by atoms with Crippen molar-refractivity contribution in [1.29, 1.82) is 0 Å². The average molecular weight is 474 g/mol. The number of Topliss-reactive ketones (excluding diaryl/α,β-unsaturated/α-hetero) is 1. The number of rotatable bonds is 4. The minimum atomic E-state index is -0.355. The molecule has 2 aromatic carbocycles. The summed E-state index contributed by atoms with van der Waals surface area (Å²) in [6.45, 7) is 4.09. The number of methoxy groups -OCH3 is 2. The van der Waals surface area contributed by atoms with Gasteiger partial charge in [-0.3, -0.25) is 14.5 Å². The SMILES string of the molecule is COc1ccc(C2CC(=O)N(c3cc(Cl)cc(Cl)c3)C3=C2C(=O)CC(C)(C)C3)cc1OC. The number of nitrogens with zero attached hydrogens (tertiary/aromatic N) is 1. The van der Waals surface area contributed by atoms with Crippen LogP contribution in [0.3, 0.4) is 0 Å². The first kappa shape index (κ1) is 22.7. The molecule has 0 saturated heterocycles. The Bertz CT molecular complexity index is 1120. The number of anilines is 1. The first-order valence-electron chi connectivity index (χ1n) is 10.4. The summed E-state index contributed by atoms with van der Waals surface area (Å²) in [6, 6.07) is 10.6. The van der Waals surface area contributed by atoms with Gasteiger partial charge in [0.1, 0.15) is 0 Å². The van der Waals surface area contributed by atoms with Gasteiger partial charge in [-0.2, -0.15) is 0 Å². The molecule has 1 aliphatic heterocycles. The van der Waals surface area contributed by atoms with Crippen LogP contribution >= 0.6 is 23.2 Å². The summed E-state index contributed by atoms with van der Waals surface area (Å²) in [4.78, 5) is 28.5. The maximum absolute atomic E-state index is 13.5. The molecule has 1 heterocycles. The summed E-state index contributed by atoms with van der Waals surface area (Å²) in [5.74, 6) is 0.756. The molecule has 2 aromatic rings. The fourth-order valence-electron chi connectivity index (χ4n) is 4.74. The Morgan fingerprint density at radius 2 is 1.59 bits per heavy atom. The van der Waals surface area contributed by atoms with Crippen molar-refractivity contribution in [3.63, 3.8) is 0 Å². The first-order chi connectivity index (χ1) is 15.1.